The Kier molecular flexibility index (Phi) is 7.40. The lowest BCUT2D eigenvalue weighted by Crippen LogP contribution is -2.29. The lowest BCUT2D eigenvalue weighted by Gasteiger charge is -2.02. The molecule has 0 bridgehead atoms. The van der Waals surface area contributed by atoms with Crippen LogP contribution in [0.2, 0.25) is 0 Å². The molecule has 5 nitrogen and oxygen atoms in total. The maximum atomic E-state index is 11.0. The molecule has 14 heavy (non-hydrogen) atoms. The van der Waals surface area contributed by atoms with Crippen molar-refractivity contribution in [3.63, 3.8) is 0 Å². The molecule has 0 spiro atoms. The van der Waals surface area contributed by atoms with Crippen LogP contribution in [-0.2, 0) is 19.1 Å². The minimum atomic E-state index is -0.466. The fraction of sp³-hybridized carbons (Fsp3) is 0.667. The van der Waals surface area contributed by atoms with Gasteiger partial charge in [0, 0.05) is 12.8 Å². The zero-order valence-electron chi connectivity index (χ0n) is 8.25. The first-order chi connectivity index (χ1) is 6.70. The normalized spacial score (nSPS) is 9.21. The summed E-state index contributed by atoms with van der Waals surface area (Å²) < 4.78 is 4.34. The summed E-state index contributed by atoms with van der Waals surface area (Å²) in [6.45, 7) is -0.0942. The number of aldehydes is 1. The third-order valence-electron chi connectivity index (χ3n) is 1.63. The highest BCUT2D eigenvalue weighted by Gasteiger charge is 2.04. The summed E-state index contributed by atoms with van der Waals surface area (Å²) in [5.74, 6) is -0.660. The van der Waals surface area contributed by atoms with Gasteiger partial charge in [0.25, 0.3) is 0 Å². The number of rotatable bonds is 7. The third-order valence-corrected chi connectivity index (χ3v) is 1.63. The standard InChI is InChI=1S/C9H15NO4/c1-14-9(13)7-10-8(12)5-3-2-4-6-11/h6H,2-5,7H2,1H3,(H,10,12). The summed E-state index contributed by atoms with van der Waals surface area (Å²) in [5, 5.41) is 2.41. The summed E-state index contributed by atoms with van der Waals surface area (Å²) in [5.41, 5.74) is 0. The van der Waals surface area contributed by atoms with Gasteiger partial charge in [-0.1, -0.05) is 0 Å². The Morgan fingerprint density at radius 2 is 2.07 bits per heavy atom. The number of esters is 1. The first-order valence-electron chi connectivity index (χ1n) is 4.48. The molecule has 0 aromatic rings. The number of nitrogens with one attached hydrogen (secondary N) is 1. The van der Waals surface area contributed by atoms with Crippen LogP contribution in [0.15, 0.2) is 0 Å². The third kappa shape index (κ3) is 7.27. The van der Waals surface area contributed by atoms with Crippen LogP contribution in [0.3, 0.4) is 0 Å². The Bertz CT molecular complexity index is 203. The van der Waals surface area contributed by atoms with E-state index < -0.39 is 5.97 Å². The van der Waals surface area contributed by atoms with Crippen molar-refractivity contribution < 1.29 is 19.1 Å². The maximum absolute atomic E-state index is 11.0. The molecule has 0 aromatic carbocycles. The van der Waals surface area contributed by atoms with Crippen LogP contribution < -0.4 is 5.32 Å². The topological polar surface area (TPSA) is 72.5 Å². The number of carbonyl (C=O) groups excluding carboxylic acids is 3. The summed E-state index contributed by atoms with van der Waals surface area (Å²) in [6.07, 6.45) is 3.00. The highest BCUT2D eigenvalue weighted by molar-refractivity contribution is 5.81. The number of hydrogen-bond donors (Lipinski definition) is 1. The van der Waals surface area contributed by atoms with Crippen molar-refractivity contribution in [3.05, 3.63) is 0 Å². The van der Waals surface area contributed by atoms with Gasteiger partial charge in [0.05, 0.1) is 7.11 Å². The second-order valence-corrected chi connectivity index (χ2v) is 2.77. The molecule has 0 aliphatic heterocycles. The van der Waals surface area contributed by atoms with E-state index in [1.807, 2.05) is 0 Å². The predicted octanol–water partition coefficient (Wildman–Crippen LogP) is 0.0349. The average Bonchev–Trinajstić information content (AvgIpc) is 2.21. The van der Waals surface area contributed by atoms with E-state index in [0.717, 1.165) is 6.29 Å². The van der Waals surface area contributed by atoms with Crippen LogP contribution in [-0.4, -0.2) is 31.8 Å². The van der Waals surface area contributed by atoms with Gasteiger partial charge in [0.2, 0.25) is 5.91 Å². The second kappa shape index (κ2) is 8.22. The van der Waals surface area contributed by atoms with E-state index in [4.69, 9.17) is 0 Å². The van der Waals surface area contributed by atoms with Crippen LogP contribution in [0.4, 0.5) is 0 Å². The summed E-state index contributed by atoms with van der Waals surface area (Å²) in [7, 11) is 1.26. The molecule has 0 saturated carbocycles. The van der Waals surface area contributed by atoms with E-state index in [0.29, 0.717) is 25.7 Å². The molecule has 0 aliphatic rings. The first kappa shape index (κ1) is 12.6. The number of methoxy groups -OCH3 is 1. The molecular weight excluding hydrogens is 186 g/mol. The average molecular weight is 201 g/mol. The van der Waals surface area contributed by atoms with Gasteiger partial charge in [-0.15, -0.1) is 0 Å². The Labute approximate surface area is 82.8 Å². The summed E-state index contributed by atoms with van der Waals surface area (Å²) in [4.78, 5) is 31.6. The predicted molar refractivity (Wildman–Crippen MR) is 49.6 cm³/mol. The van der Waals surface area contributed by atoms with Crippen LogP contribution in [0.25, 0.3) is 0 Å². The number of hydrogen-bond acceptors (Lipinski definition) is 4. The van der Waals surface area contributed by atoms with Gasteiger partial charge in [-0.2, -0.15) is 0 Å². The van der Waals surface area contributed by atoms with Crippen LogP contribution in [0.5, 0.6) is 0 Å². The van der Waals surface area contributed by atoms with Crippen molar-refractivity contribution in [2.75, 3.05) is 13.7 Å². The van der Waals surface area contributed by atoms with Gasteiger partial charge in [-0.05, 0) is 12.8 Å². The molecule has 0 atom stereocenters. The largest absolute Gasteiger partial charge is 0.468 e. The van der Waals surface area contributed by atoms with E-state index in [9.17, 15) is 14.4 Å². The minimum absolute atomic E-state index is 0.0942. The summed E-state index contributed by atoms with van der Waals surface area (Å²) in [6, 6.07) is 0. The molecule has 80 valence electrons. The number of ether oxygens (including phenoxy) is 1. The molecule has 1 N–H and O–H groups in total. The lowest BCUT2D eigenvalue weighted by molar-refractivity contribution is -0.141. The minimum Gasteiger partial charge on any atom is -0.468 e. The quantitative estimate of drug-likeness (QED) is 0.358. The van der Waals surface area contributed by atoms with Gasteiger partial charge < -0.3 is 14.8 Å². The zero-order chi connectivity index (χ0) is 10.8. The molecule has 0 saturated heterocycles. The molecule has 1 amide bonds. The van der Waals surface area contributed by atoms with E-state index in [-0.39, 0.29) is 12.5 Å². The number of amides is 1. The zero-order valence-corrected chi connectivity index (χ0v) is 8.25. The van der Waals surface area contributed by atoms with E-state index in [1.54, 1.807) is 0 Å². The molecule has 0 aliphatic carbocycles. The van der Waals surface area contributed by atoms with Crippen molar-refractivity contribution in [2.24, 2.45) is 0 Å². The number of unbranched alkanes of at least 4 members (excludes halogenated alkanes) is 2. The summed E-state index contributed by atoms with van der Waals surface area (Å²) >= 11 is 0. The second-order valence-electron chi connectivity index (χ2n) is 2.77. The molecular formula is C9H15NO4. The van der Waals surface area contributed by atoms with E-state index in [1.165, 1.54) is 7.11 Å². The lowest BCUT2D eigenvalue weighted by atomic mass is 10.2. The Morgan fingerprint density at radius 3 is 2.64 bits per heavy atom. The smallest absolute Gasteiger partial charge is 0.325 e. The molecule has 5 heteroatoms. The van der Waals surface area contributed by atoms with Crippen molar-refractivity contribution in [1.29, 1.82) is 0 Å². The van der Waals surface area contributed by atoms with Gasteiger partial charge >= 0.3 is 5.97 Å². The number of carbonyl (C=O) groups is 3. The SMILES string of the molecule is COC(=O)CNC(=O)CCCCC=O. The van der Waals surface area contributed by atoms with Crippen LogP contribution in [0.1, 0.15) is 25.7 Å². The fourth-order valence-electron chi connectivity index (χ4n) is 0.845. The molecule has 0 heterocycles. The van der Waals surface area contributed by atoms with E-state index >= 15 is 0 Å². The highest BCUT2D eigenvalue weighted by Crippen LogP contribution is 1.97. The van der Waals surface area contributed by atoms with Crippen LogP contribution >= 0.6 is 0 Å². The van der Waals surface area contributed by atoms with Crippen LogP contribution in [0, 0.1) is 0 Å². The van der Waals surface area contributed by atoms with Crippen molar-refractivity contribution >= 4 is 18.2 Å². The molecule has 0 unspecified atom stereocenters. The van der Waals surface area contributed by atoms with Crippen molar-refractivity contribution in [2.45, 2.75) is 25.7 Å². The molecule has 0 aromatic heterocycles. The maximum Gasteiger partial charge on any atom is 0.325 e. The van der Waals surface area contributed by atoms with Crippen molar-refractivity contribution in [1.82, 2.24) is 5.32 Å². The molecule has 0 fully saturated rings. The van der Waals surface area contributed by atoms with Gasteiger partial charge in [0.1, 0.15) is 12.8 Å². The Hall–Kier alpha value is -1.39. The molecule has 0 radical (unpaired) electrons. The van der Waals surface area contributed by atoms with Gasteiger partial charge in [-0.3, -0.25) is 9.59 Å². The van der Waals surface area contributed by atoms with Gasteiger partial charge in [0.15, 0.2) is 0 Å². The van der Waals surface area contributed by atoms with E-state index in [2.05, 4.69) is 10.1 Å². The van der Waals surface area contributed by atoms with Gasteiger partial charge in [-0.25, -0.2) is 0 Å². The highest BCUT2D eigenvalue weighted by atomic mass is 16.5. The fourth-order valence-corrected chi connectivity index (χ4v) is 0.845. The van der Waals surface area contributed by atoms with Crippen molar-refractivity contribution in [3.8, 4) is 0 Å². The monoisotopic (exact) mass is 201 g/mol. The Balaban J connectivity index is 3.36. The molecule has 0 rings (SSSR count). The Morgan fingerprint density at radius 1 is 1.36 bits per heavy atom. The first-order valence-corrected chi connectivity index (χ1v) is 4.48.